The van der Waals surface area contributed by atoms with Crippen LogP contribution in [-0.2, 0) is 12.5 Å². The van der Waals surface area contributed by atoms with E-state index < -0.39 is 0 Å². The first kappa shape index (κ1) is 27.1. The molecule has 0 aliphatic rings. The Hall–Kier alpha value is -5.48. The van der Waals surface area contributed by atoms with E-state index in [1.807, 2.05) is 6.20 Å². The van der Waals surface area contributed by atoms with Gasteiger partial charge in [-0.1, -0.05) is 92.7 Å². The summed E-state index contributed by atoms with van der Waals surface area (Å²) >= 11 is 0. The van der Waals surface area contributed by atoms with Crippen molar-refractivity contribution in [3.05, 3.63) is 157 Å². The van der Waals surface area contributed by atoms with Crippen LogP contribution in [0.5, 0.6) is 0 Å². The standard InChI is InChI=1S/C41H35N4/c1-28-12-5-6-15-33(28)29-22-23-42-40(24-29)45-36-17-8-7-16-34(36)35-21-20-31(26-39(35)45)41(2,3)30-13-11-14-32(25-30)44-27-43(4)37-18-9-10-19-38(37)44/h5-27H,1-4H3/q+1. The van der Waals surface area contributed by atoms with Gasteiger partial charge in [-0.25, -0.2) is 9.55 Å². The third-order valence-corrected chi connectivity index (χ3v) is 9.48. The lowest BCUT2D eigenvalue weighted by molar-refractivity contribution is -0.645. The molecular formula is C41H35N4+. The molecule has 8 aromatic rings. The summed E-state index contributed by atoms with van der Waals surface area (Å²) in [6, 6.07) is 46.0. The van der Waals surface area contributed by atoms with Crippen LogP contribution in [0.15, 0.2) is 140 Å². The van der Waals surface area contributed by atoms with Crippen molar-refractivity contribution in [2.75, 3.05) is 0 Å². The summed E-state index contributed by atoms with van der Waals surface area (Å²) < 4.78 is 6.79. The average Bonchev–Trinajstić information content (AvgIpc) is 3.59. The lowest BCUT2D eigenvalue weighted by Gasteiger charge is -2.26. The van der Waals surface area contributed by atoms with E-state index >= 15 is 0 Å². The smallest absolute Gasteiger partial charge is 0.249 e. The molecule has 0 unspecified atom stereocenters. The Morgan fingerprint density at radius 2 is 1.38 bits per heavy atom. The maximum absolute atomic E-state index is 4.92. The maximum atomic E-state index is 4.92. The fraction of sp³-hybridized carbons (Fsp3) is 0.122. The van der Waals surface area contributed by atoms with Crippen molar-refractivity contribution in [1.29, 1.82) is 0 Å². The maximum Gasteiger partial charge on any atom is 0.249 e. The van der Waals surface area contributed by atoms with Gasteiger partial charge in [0.15, 0.2) is 11.0 Å². The van der Waals surface area contributed by atoms with Crippen molar-refractivity contribution in [3.8, 4) is 22.6 Å². The van der Waals surface area contributed by atoms with Crippen LogP contribution in [0.1, 0.15) is 30.5 Å². The molecule has 0 aliphatic carbocycles. The third-order valence-electron chi connectivity index (χ3n) is 9.48. The molecule has 4 nitrogen and oxygen atoms in total. The molecule has 0 saturated heterocycles. The van der Waals surface area contributed by atoms with Crippen LogP contribution >= 0.6 is 0 Å². The van der Waals surface area contributed by atoms with Gasteiger partial charge in [-0.2, -0.15) is 4.57 Å². The van der Waals surface area contributed by atoms with E-state index in [2.05, 4.69) is 175 Å². The molecule has 0 amide bonds. The van der Waals surface area contributed by atoms with E-state index in [1.165, 1.54) is 49.6 Å². The number of rotatable bonds is 5. The molecule has 45 heavy (non-hydrogen) atoms. The van der Waals surface area contributed by atoms with Gasteiger partial charge in [0, 0.05) is 22.4 Å². The van der Waals surface area contributed by atoms with Gasteiger partial charge < -0.3 is 0 Å². The summed E-state index contributed by atoms with van der Waals surface area (Å²) in [6.45, 7) is 6.81. The first-order valence-corrected chi connectivity index (χ1v) is 15.5. The number of para-hydroxylation sites is 3. The topological polar surface area (TPSA) is 26.6 Å². The van der Waals surface area contributed by atoms with Crippen LogP contribution in [0.25, 0.3) is 55.5 Å². The van der Waals surface area contributed by atoms with Crippen LogP contribution < -0.4 is 4.57 Å². The largest absolute Gasteiger partial charge is 0.294 e. The molecule has 3 aromatic heterocycles. The summed E-state index contributed by atoms with van der Waals surface area (Å²) in [6.07, 6.45) is 4.10. The van der Waals surface area contributed by atoms with Crippen LogP contribution in [0.3, 0.4) is 0 Å². The molecule has 8 rings (SSSR count). The van der Waals surface area contributed by atoms with Crippen LogP contribution in [-0.4, -0.2) is 14.1 Å². The number of aryl methyl sites for hydroxylation is 2. The van der Waals surface area contributed by atoms with Gasteiger partial charge in [-0.15, -0.1) is 0 Å². The monoisotopic (exact) mass is 583 g/mol. The van der Waals surface area contributed by atoms with Crippen LogP contribution in [0.2, 0.25) is 0 Å². The van der Waals surface area contributed by atoms with Crippen molar-refractivity contribution in [3.63, 3.8) is 0 Å². The number of hydrogen-bond donors (Lipinski definition) is 0. The zero-order chi connectivity index (χ0) is 30.7. The van der Waals surface area contributed by atoms with Crippen molar-refractivity contribution in [2.24, 2.45) is 7.05 Å². The molecule has 0 bridgehead atoms. The van der Waals surface area contributed by atoms with E-state index in [-0.39, 0.29) is 5.41 Å². The number of aromatic nitrogens is 4. The van der Waals surface area contributed by atoms with Crippen molar-refractivity contribution in [2.45, 2.75) is 26.2 Å². The number of imidazole rings is 1. The van der Waals surface area contributed by atoms with Gasteiger partial charge >= 0.3 is 0 Å². The number of nitrogens with zero attached hydrogens (tertiary/aromatic N) is 4. The second kappa shape index (κ2) is 10.3. The Morgan fingerprint density at radius 3 is 2.24 bits per heavy atom. The van der Waals surface area contributed by atoms with Gasteiger partial charge in [-0.05, 0) is 83.3 Å². The lowest BCUT2D eigenvalue weighted by atomic mass is 9.77. The SMILES string of the molecule is Cc1ccccc1-c1ccnc(-n2c3ccccc3c3ccc(C(C)(C)c4cccc(-n5c[n+](C)c6ccccc65)c4)cc32)c1. The Morgan fingerprint density at radius 1 is 0.644 bits per heavy atom. The molecule has 4 heteroatoms. The lowest BCUT2D eigenvalue weighted by Crippen LogP contribution is -2.25. The summed E-state index contributed by atoms with van der Waals surface area (Å²) in [7, 11) is 2.10. The number of benzene rings is 5. The van der Waals surface area contributed by atoms with Gasteiger partial charge in [-0.3, -0.25) is 4.57 Å². The Bertz CT molecular complexity index is 2390. The zero-order valence-electron chi connectivity index (χ0n) is 26.1. The van der Waals surface area contributed by atoms with Crippen molar-refractivity contribution in [1.82, 2.24) is 14.1 Å². The summed E-state index contributed by atoms with van der Waals surface area (Å²) in [5.41, 5.74) is 11.8. The first-order valence-electron chi connectivity index (χ1n) is 15.5. The predicted octanol–water partition coefficient (Wildman–Crippen LogP) is 9.25. The van der Waals surface area contributed by atoms with Crippen LogP contribution in [0, 0.1) is 6.92 Å². The number of fused-ring (bicyclic) bond motifs is 4. The molecule has 0 N–H and O–H groups in total. The fourth-order valence-corrected chi connectivity index (χ4v) is 6.89. The molecular weight excluding hydrogens is 548 g/mol. The minimum absolute atomic E-state index is 0.243. The highest BCUT2D eigenvalue weighted by atomic mass is 15.1. The molecule has 0 spiro atoms. The minimum Gasteiger partial charge on any atom is -0.294 e. The van der Waals surface area contributed by atoms with Crippen molar-refractivity contribution >= 4 is 32.8 Å². The van der Waals surface area contributed by atoms with E-state index in [0.717, 1.165) is 22.5 Å². The number of pyridine rings is 1. The van der Waals surface area contributed by atoms with E-state index in [4.69, 9.17) is 4.98 Å². The highest BCUT2D eigenvalue weighted by Gasteiger charge is 2.26. The highest BCUT2D eigenvalue weighted by Crippen LogP contribution is 2.38. The zero-order valence-corrected chi connectivity index (χ0v) is 26.1. The quantitative estimate of drug-likeness (QED) is 0.186. The van der Waals surface area contributed by atoms with Gasteiger partial charge in [0.1, 0.15) is 11.5 Å². The molecule has 0 radical (unpaired) electrons. The number of hydrogen-bond acceptors (Lipinski definition) is 1. The van der Waals surface area contributed by atoms with E-state index in [0.29, 0.717) is 0 Å². The fourth-order valence-electron chi connectivity index (χ4n) is 6.89. The highest BCUT2D eigenvalue weighted by molar-refractivity contribution is 6.09. The van der Waals surface area contributed by atoms with Crippen LogP contribution in [0.4, 0.5) is 0 Å². The summed E-state index contributed by atoms with van der Waals surface area (Å²) in [5.74, 6) is 0.922. The first-order chi connectivity index (χ1) is 21.9. The second-order valence-electron chi connectivity index (χ2n) is 12.6. The molecule has 5 aromatic carbocycles. The Kier molecular flexibility index (Phi) is 6.21. The summed E-state index contributed by atoms with van der Waals surface area (Å²) in [4.78, 5) is 4.92. The molecule has 218 valence electrons. The molecule has 0 atom stereocenters. The van der Waals surface area contributed by atoms with E-state index in [1.54, 1.807) is 0 Å². The van der Waals surface area contributed by atoms with Gasteiger partial charge in [0.2, 0.25) is 6.33 Å². The normalized spacial score (nSPS) is 12.0. The Balaban J connectivity index is 1.28. The summed E-state index contributed by atoms with van der Waals surface area (Å²) in [5, 5.41) is 2.46. The molecule has 0 fully saturated rings. The van der Waals surface area contributed by atoms with Gasteiger partial charge in [0.05, 0.1) is 18.1 Å². The van der Waals surface area contributed by atoms with Gasteiger partial charge in [0.25, 0.3) is 0 Å². The molecule has 0 saturated carbocycles. The minimum atomic E-state index is -0.243. The van der Waals surface area contributed by atoms with E-state index in [9.17, 15) is 0 Å². The van der Waals surface area contributed by atoms with Crippen molar-refractivity contribution < 1.29 is 4.57 Å². The Labute approximate surface area is 263 Å². The second-order valence-corrected chi connectivity index (χ2v) is 12.6. The average molecular weight is 584 g/mol. The molecule has 3 heterocycles. The third kappa shape index (κ3) is 4.36. The molecule has 0 aliphatic heterocycles. The predicted molar refractivity (Wildman–Crippen MR) is 185 cm³/mol.